The second kappa shape index (κ2) is 9.17. The molecule has 9 heteroatoms. The maximum absolute atomic E-state index is 13.0. The van der Waals surface area contributed by atoms with E-state index in [-0.39, 0.29) is 11.8 Å². The number of para-hydroxylation sites is 1. The molecule has 2 aromatic carbocycles. The molecule has 1 amide bonds. The lowest BCUT2D eigenvalue weighted by atomic mass is 9.98. The molecule has 1 aromatic heterocycles. The summed E-state index contributed by atoms with van der Waals surface area (Å²) in [5.74, 6) is 0.283. The number of nitrogens with zero attached hydrogens (tertiary/aromatic N) is 3. The van der Waals surface area contributed by atoms with Gasteiger partial charge in [-0.1, -0.05) is 35.1 Å². The van der Waals surface area contributed by atoms with Crippen molar-refractivity contribution in [3.63, 3.8) is 0 Å². The molecule has 170 valence electrons. The SMILES string of the molecule is CCn1c(=NC(=O)C2CCN(S(=O)(=O)c3ccc(C)cc3)CC2)sc2cccc(OC)c21. The number of thiazole rings is 1. The van der Waals surface area contributed by atoms with Crippen LogP contribution in [0.2, 0.25) is 0 Å². The maximum Gasteiger partial charge on any atom is 0.251 e. The van der Waals surface area contributed by atoms with Crippen LogP contribution in [0.4, 0.5) is 0 Å². The summed E-state index contributed by atoms with van der Waals surface area (Å²) in [6.45, 7) is 5.23. The lowest BCUT2D eigenvalue weighted by Crippen LogP contribution is -2.40. The normalized spacial score (nSPS) is 16.5. The molecule has 1 fully saturated rings. The smallest absolute Gasteiger partial charge is 0.251 e. The van der Waals surface area contributed by atoms with Gasteiger partial charge in [-0.3, -0.25) is 4.79 Å². The van der Waals surface area contributed by atoms with Gasteiger partial charge in [0.1, 0.15) is 11.3 Å². The summed E-state index contributed by atoms with van der Waals surface area (Å²) in [5.41, 5.74) is 1.95. The Labute approximate surface area is 192 Å². The van der Waals surface area contributed by atoms with E-state index in [2.05, 4.69) is 4.99 Å². The molecule has 32 heavy (non-hydrogen) atoms. The number of carbonyl (C=O) groups is 1. The highest BCUT2D eigenvalue weighted by Gasteiger charge is 2.32. The Morgan fingerprint density at radius 3 is 2.47 bits per heavy atom. The highest BCUT2D eigenvalue weighted by molar-refractivity contribution is 7.89. The highest BCUT2D eigenvalue weighted by atomic mass is 32.2. The fraction of sp³-hybridized carbons (Fsp3) is 0.391. The van der Waals surface area contributed by atoms with Crippen LogP contribution in [0.25, 0.3) is 10.2 Å². The minimum absolute atomic E-state index is 0.190. The van der Waals surface area contributed by atoms with Gasteiger partial charge >= 0.3 is 0 Å². The van der Waals surface area contributed by atoms with Gasteiger partial charge in [-0.05, 0) is 51.0 Å². The van der Waals surface area contributed by atoms with Crippen LogP contribution in [-0.4, -0.2) is 43.4 Å². The fourth-order valence-electron chi connectivity index (χ4n) is 4.03. The van der Waals surface area contributed by atoms with Crippen molar-refractivity contribution in [3.8, 4) is 5.75 Å². The number of carbonyl (C=O) groups excluding carboxylic acids is 1. The van der Waals surface area contributed by atoms with Gasteiger partial charge in [-0.15, -0.1) is 0 Å². The maximum atomic E-state index is 13.0. The summed E-state index contributed by atoms with van der Waals surface area (Å²) < 4.78 is 35.8. The van der Waals surface area contributed by atoms with E-state index >= 15 is 0 Å². The highest BCUT2D eigenvalue weighted by Crippen LogP contribution is 2.28. The number of sulfonamides is 1. The molecule has 1 aliphatic heterocycles. The molecular formula is C23H27N3O4S2. The van der Waals surface area contributed by atoms with E-state index in [1.165, 1.54) is 15.6 Å². The summed E-state index contributed by atoms with van der Waals surface area (Å²) in [7, 11) is -1.92. The monoisotopic (exact) mass is 473 g/mol. The molecule has 0 radical (unpaired) electrons. The first-order valence-corrected chi connectivity index (χ1v) is 12.9. The number of methoxy groups -OCH3 is 1. The van der Waals surface area contributed by atoms with Crippen LogP contribution in [0.1, 0.15) is 25.3 Å². The number of piperidine rings is 1. The number of aromatic nitrogens is 1. The zero-order valence-corrected chi connectivity index (χ0v) is 20.1. The standard InChI is InChI=1S/C23H27N3O4S2/c1-4-26-21-19(30-3)6-5-7-20(21)31-23(26)24-22(27)17-12-14-25(15-13-17)32(28,29)18-10-8-16(2)9-11-18/h5-11,17H,4,12-15H2,1-3H3. The number of ether oxygens (including phenoxy) is 1. The number of hydrogen-bond donors (Lipinski definition) is 0. The molecule has 0 spiro atoms. The third-order valence-corrected chi connectivity index (χ3v) is 8.82. The van der Waals surface area contributed by atoms with E-state index in [4.69, 9.17) is 4.74 Å². The average molecular weight is 474 g/mol. The second-order valence-electron chi connectivity index (χ2n) is 7.88. The van der Waals surface area contributed by atoms with Crippen molar-refractivity contribution in [2.45, 2.75) is 38.1 Å². The molecule has 2 heterocycles. The molecule has 1 aliphatic rings. The van der Waals surface area contributed by atoms with E-state index in [0.717, 1.165) is 21.5 Å². The number of aryl methyl sites for hydroxylation is 2. The molecule has 1 saturated heterocycles. The van der Waals surface area contributed by atoms with E-state index < -0.39 is 10.0 Å². The number of amides is 1. The number of fused-ring (bicyclic) bond motifs is 1. The molecule has 0 atom stereocenters. The lowest BCUT2D eigenvalue weighted by molar-refractivity contribution is -0.122. The molecule has 7 nitrogen and oxygen atoms in total. The fourth-order valence-corrected chi connectivity index (χ4v) is 6.62. The minimum atomic E-state index is -3.55. The largest absolute Gasteiger partial charge is 0.495 e. The molecule has 0 N–H and O–H groups in total. The van der Waals surface area contributed by atoms with Crippen molar-refractivity contribution in [2.75, 3.05) is 20.2 Å². The van der Waals surface area contributed by atoms with Crippen molar-refractivity contribution in [2.24, 2.45) is 10.9 Å². The van der Waals surface area contributed by atoms with Gasteiger partial charge in [0.15, 0.2) is 4.80 Å². The third kappa shape index (κ3) is 4.24. The predicted octanol–water partition coefficient (Wildman–Crippen LogP) is 3.57. The van der Waals surface area contributed by atoms with Crippen LogP contribution in [-0.2, 0) is 21.4 Å². The van der Waals surface area contributed by atoms with Crippen molar-refractivity contribution in [1.29, 1.82) is 0 Å². The molecule has 0 saturated carbocycles. The van der Waals surface area contributed by atoms with Gasteiger partial charge in [0.05, 0.1) is 16.7 Å². The predicted molar refractivity (Wildman–Crippen MR) is 125 cm³/mol. The molecule has 4 rings (SSSR count). The van der Waals surface area contributed by atoms with Crippen molar-refractivity contribution in [3.05, 3.63) is 52.8 Å². The van der Waals surface area contributed by atoms with Gasteiger partial charge in [0.2, 0.25) is 10.0 Å². The summed E-state index contributed by atoms with van der Waals surface area (Å²) in [6, 6.07) is 12.7. The van der Waals surface area contributed by atoms with Crippen LogP contribution in [0.3, 0.4) is 0 Å². The summed E-state index contributed by atoms with van der Waals surface area (Å²) in [4.78, 5) is 18.3. The first-order chi connectivity index (χ1) is 15.3. The van der Waals surface area contributed by atoms with E-state index in [1.54, 1.807) is 31.4 Å². The Morgan fingerprint density at radius 1 is 1.16 bits per heavy atom. The molecular weight excluding hydrogens is 446 g/mol. The third-order valence-electron chi connectivity index (χ3n) is 5.87. The lowest BCUT2D eigenvalue weighted by Gasteiger charge is -2.29. The summed E-state index contributed by atoms with van der Waals surface area (Å²) in [6.07, 6.45) is 0.932. The summed E-state index contributed by atoms with van der Waals surface area (Å²) in [5, 5.41) is 0. The second-order valence-corrected chi connectivity index (χ2v) is 10.8. The molecule has 3 aromatic rings. The zero-order chi connectivity index (χ0) is 22.9. The van der Waals surface area contributed by atoms with E-state index in [0.29, 0.717) is 42.2 Å². The van der Waals surface area contributed by atoms with E-state index in [9.17, 15) is 13.2 Å². The Bertz CT molecular complexity index is 1300. The van der Waals surface area contributed by atoms with Crippen LogP contribution >= 0.6 is 11.3 Å². The first kappa shape index (κ1) is 22.7. The van der Waals surface area contributed by atoms with Crippen molar-refractivity contribution >= 4 is 37.5 Å². The van der Waals surface area contributed by atoms with Crippen molar-refractivity contribution < 1.29 is 17.9 Å². The number of rotatable bonds is 5. The topological polar surface area (TPSA) is 81.0 Å². The van der Waals surface area contributed by atoms with Gasteiger partial charge < -0.3 is 9.30 Å². The Kier molecular flexibility index (Phi) is 6.50. The Hall–Kier alpha value is -2.49. The average Bonchev–Trinajstić information content (AvgIpc) is 3.16. The quantitative estimate of drug-likeness (QED) is 0.567. The van der Waals surface area contributed by atoms with Crippen molar-refractivity contribution in [1.82, 2.24) is 8.87 Å². The molecule has 0 bridgehead atoms. The van der Waals surface area contributed by atoms with Crippen LogP contribution in [0.5, 0.6) is 5.75 Å². The molecule has 0 unspecified atom stereocenters. The van der Waals surface area contributed by atoms with Crippen LogP contribution < -0.4 is 9.54 Å². The summed E-state index contributed by atoms with van der Waals surface area (Å²) >= 11 is 1.46. The first-order valence-electron chi connectivity index (χ1n) is 10.7. The number of hydrogen-bond acceptors (Lipinski definition) is 5. The Balaban J connectivity index is 1.53. The molecule has 0 aliphatic carbocycles. The van der Waals surface area contributed by atoms with Crippen LogP contribution in [0, 0.1) is 12.8 Å². The zero-order valence-electron chi connectivity index (χ0n) is 18.4. The van der Waals surface area contributed by atoms with Gasteiger partial charge in [0, 0.05) is 25.6 Å². The van der Waals surface area contributed by atoms with Crippen LogP contribution in [0.15, 0.2) is 52.4 Å². The van der Waals surface area contributed by atoms with Gasteiger partial charge in [-0.2, -0.15) is 9.30 Å². The number of benzene rings is 2. The van der Waals surface area contributed by atoms with Gasteiger partial charge in [0.25, 0.3) is 5.91 Å². The van der Waals surface area contributed by atoms with Gasteiger partial charge in [-0.25, -0.2) is 8.42 Å². The minimum Gasteiger partial charge on any atom is -0.495 e. The van der Waals surface area contributed by atoms with E-state index in [1.807, 2.05) is 36.6 Å². The Morgan fingerprint density at radius 2 is 1.84 bits per heavy atom.